The van der Waals surface area contributed by atoms with Gasteiger partial charge in [-0.05, 0) is 45.9 Å². The lowest BCUT2D eigenvalue weighted by Crippen LogP contribution is -2.16. The Morgan fingerprint density at radius 3 is 2.81 bits per heavy atom. The minimum atomic E-state index is -0.213. The van der Waals surface area contributed by atoms with Crippen LogP contribution < -0.4 is 10.1 Å². The highest BCUT2D eigenvalue weighted by Gasteiger charge is 2.13. The molecule has 1 aromatic carbocycles. The van der Waals surface area contributed by atoms with E-state index in [1.807, 2.05) is 33.8 Å². The van der Waals surface area contributed by atoms with E-state index in [0.717, 1.165) is 17.0 Å². The number of anilines is 1. The molecule has 0 aliphatic carbocycles. The number of hydrogen-bond acceptors (Lipinski definition) is 5. The molecule has 3 aromatic rings. The van der Waals surface area contributed by atoms with Crippen molar-refractivity contribution in [2.75, 3.05) is 5.32 Å². The third-order valence-corrected chi connectivity index (χ3v) is 4.06. The van der Waals surface area contributed by atoms with Crippen LogP contribution in [0.1, 0.15) is 47.3 Å². The second kappa shape index (κ2) is 7.43. The molecule has 3 rings (SSSR count). The summed E-state index contributed by atoms with van der Waals surface area (Å²) in [5, 5.41) is 11.0. The molecular weight excluding hydrogens is 332 g/mol. The Hall–Kier alpha value is -3.09. The molecule has 0 bridgehead atoms. The monoisotopic (exact) mass is 354 g/mol. The van der Waals surface area contributed by atoms with Gasteiger partial charge in [-0.3, -0.25) is 4.79 Å². The molecule has 2 aromatic heterocycles. The van der Waals surface area contributed by atoms with Crippen LogP contribution >= 0.6 is 0 Å². The summed E-state index contributed by atoms with van der Waals surface area (Å²) in [5.74, 6) is 1.79. The number of amides is 1. The Labute approximate surface area is 151 Å². The number of rotatable bonds is 6. The van der Waals surface area contributed by atoms with Gasteiger partial charge in [-0.1, -0.05) is 11.2 Å². The fourth-order valence-corrected chi connectivity index (χ4v) is 2.60. The van der Waals surface area contributed by atoms with Crippen LogP contribution in [0.5, 0.6) is 5.75 Å². The second-order valence-electron chi connectivity index (χ2n) is 6.33. The summed E-state index contributed by atoms with van der Waals surface area (Å²) in [5.41, 5.74) is 2.23. The first kappa shape index (κ1) is 17.7. The maximum atomic E-state index is 12.5. The van der Waals surface area contributed by atoms with Crippen molar-refractivity contribution in [2.24, 2.45) is 0 Å². The molecule has 0 saturated heterocycles. The van der Waals surface area contributed by atoms with Gasteiger partial charge in [0.25, 0.3) is 5.91 Å². The molecule has 7 heteroatoms. The van der Waals surface area contributed by atoms with Crippen LogP contribution in [0.15, 0.2) is 41.1 Å². The highest BCUT2D eigenvalue weighted by molar-refractivity contribution is 6.04. The predicted molar refractivity (Wildman–Crippen MR) is 97.3 cm³/mol. The van der Waals surface area contributed by atoms with Crippen molar-refractivity contribution < 1.29 is 14.1 Å². The number of aromatic nitrogens is 3. The number of ether oxygens (including phenoxy) is 1. The number of benzene rings is 1. The molecule has 2 heterocycles. The maximum absolute atomic E-state index is 12.5. The Bertz CT molecular complexity index is 892. The van der Waals surface area contributed by atoms with Gasteiger partial charge in [0.15, 0.2) is 0 Å². The molecule has 1 N–H and O–H groups in total. The standard InChI is InChI=1S/C19H22N4O3/c1-12(2)23-18(8-9-20-23)21-19(24)15-6-5-7-16(10-15)25-11-17-13(3)22-26-14(17)4/h5-10,12H,11H2,1-4H3,(H,21,24). The van der Waals surface area contributed by atoms with Crippen molar-refractivity contribution in [3.05, 3.63) is 59.1 Å². The normalized spacial score (nSPS) is 11.0. The first-order valence-corrected chi connectivity index (χ1v) is 8.45. The van der Waals surface area contributed by atoms with E-state index in [4.69, 9.17) is 9.26 Å². The highest BCUT2D eigenvalue weighted by Crippen LogP contribution is 2.20. The Balaban J connectivity index is 1.70. The quantitative estimate of drug-likeness (QED) is 0.726. The molecule has 0 unspecified atom stereocenters. The van der Waals surface area contributed by atoms with E-state index < -0.39 is 0 Å². The Morgan fingerprint density at radius 2 is 2.12 bits per heavy atom. The average molecular weight is 354 g/mol. The molecule has 0 aliphatic heterocycles. The van der Waals surface area contributed by atoms with E-state index in [2.05, 4.69) is 15.6 Å². The third-order valence-electron chi connectivity index (χ3n) is 4.06. The zero-order valence-corrected chi connectivity index (χ0v) is 15.3. The van der Waals surface area contributed by atoms with Gasteiger partial charge >= 0.3 is 0 Å². The van der Waals surface area contributed by atoms with Crippen LogP contribution in [0.25, 0.3) is 0 Å². The van der Waals surface area contributed by atoms with Gasteiger partial charge in [0.1, 0.15) is 23.9 Å². The lowest BCUT2D eigenvalue weighted by Gasteiger charge is -2.12. The van der Waals surface area contributed by atoms with Crippen LogP contribution in [-0.4, -0.2) is 20.8 Å². The van der Waals surface area contributed by atoms with E-state index >= 15 is 0 Å². The molecule has 7 nitrogen and oxygen atoms in total. The summed E-state index contributed by atoms with van der Waals surface area (Å²) in [7, 11) is 0. The van der Waals surface area contributed by atoms with Crippen molar-refractivity contribution in [2.45, 2.75) is 40.3 Å². The molecule has 0 atom stereocenters. The first-order valence-electron chi connectivity index (χ1n) is 8.45. The van der Waals surface area contributed by atoms with E-state index in [9.17, 15) is 4.79 Å². The minimum absolute atomic E-state index is 0.157. The molecule has 26 heavy (non-hydrogen) atoms. The van der Waals surface area contributed by atoms with Crippen molar-refractivity contribution >= 4 is 11.7 Å². The summed E-state index contributed by atoms with van der Waals surface area (Å²) in [6.45, 7) is 8.07. The van der Waals surface area contributed by atoms with Crippen LogP contribution in [0.4, 0.5) is 5.82 Å². The first-order chi connectivity index (χ1) is 12.5. The summed E-state index contributed by atoms with van der Waals surface area (Å²) < 4.78 is 12.7. The summed E-state index contributed by atoms with van der Waals surface area (Å²) in [4.78, 5) is 12.5. The summed E-state index contributed by atoms with van der Waals surface area (Å²) >= 11 is 0. The largest absolute Gasteiger partial charge is 0.489 e. The highest BCUT2D eigenvalue weighted by atomic mass is 16.5. The zero-order valence-electron chi connectivity index (χ0n) is 15.3. The molecule has 0 radical (unpaired) electrons. The molecule has 0 saturated carbocycles. The molecule has 136 valence electrons. The molecule has 0 fully saturated rings. The van der Waals surface area contributed by atoms with Crippen LogP contribution in [0.3, 0.4) is 0 Å². The van der Waals surface area contributed by atoms with Crippen molar-refractivity contribution in [1.82, 2.24) is 14.9 Å². The van der Waals surface area contributed by atoms with Gasteiger partial charge in [0, 0.05) is 17.7 Å². The number of carbonyl (C=O) groups is 1. The summed E-state index contributed by atoms with van der Waals surface area (Å²) in [6.07, 6.45) is 1.67. The van der Waals surface area contributed by atoms with Gasteiger partial charge in [0.05, 0.1) is 17.5 Å². The average Bonchev–Trinajstić information content (AvgIpc) is 3.20. The number of carbonyl (C=O) groups excluding carboxylic acids is 1. The third kappa shape index (κ3) is 3.77. The van der Waals surface area contributed by atoms with E-state index in [-0.39, 0.29) is 11.9 Å². The number of hydrogen-bond donors (Lipinski definition) is 1. The number of nitrogens with zero attached hydrogens (tertiary/aromatic N) is 3. The molecule has 0 aliphatic rings. The molecular formula is C19H22N4O3. The fourth-order valence-electron chi connectivity index (χ4n) is 2.60. The van der Waals surface area contributed by atoms with E-state index in [0.29, 0.717) is 23.7 Å². The second-order valence-corrected chi connectivity index (χ2v) is 6.33. The minimum Gasteiger partial charge on any atom is -0.489 e. The van der Waals surface area contributed by atoms with Gasteiger partial charge in [-0.2, -0.15) is 5.10 Å². The van der Waals surface area contributed by atoms with Gasteiger partial charge in [-0.15, -0.1) is 0 Å². The van der Waals surface area contributed by atoms with Crippen molar-refractivity contribution in [1.29, 1.82) is 0 Å². The van der Waals surface area contributed by atoms with E-state index in [1.165, 1.54) is 0 Å². The topological polar surface area (TPSA) is 82.2 Å². The Kier molecular flexibility index (Phi) is 5.06. The lowest BCUT2D eigenvalue weighted by molar-refractivity contribution is 0.102. The fraction of sp³-hybridized carbons (Fsp3) is 0.316. The lowest BCUT2D eigenvalue weighted by atomic mass is 10.2. The van der Waals surface area contributed by atoms with Gasteiger partial charge in [0.2, 0.25) is 0 Å². The van der Waals surface area contributed by atoms with Crippen molar-refractivity contribution in [3.63, 3.8) is 0 Å². The maximum Gasteiger partial charge on any atom is 0.256 e. The number of nitrogens with one attached hydrogen (secondary N) is 1. The smallest absolute Gasteiger partial charge is 0.256 e. The van der Waals surface area contributed by atoms with Crippen LogP contribution in [0, 0.1) is 13.8 Å². The van der Waals surface area contributed by atoms with Crippen LogP contribution in [-0.2, 0) is 6.61 Å². The predicted octanol–water partition coefficient (Wildman–Crippen LogP) is 3.90. The van der Waals surface area contributed by atoms with Gasteiger partial charge < -0.3 is 14.6 Å². The summed E-state index contributed by atoms with van der Waals surface area (Å²) in [6, 6.07) is 8.99. The zero-order chi connectivity index (χ0) is 18.7. The van der Waals surface area contributed by atoms with Crippen molar-refractivity contribution in [3.8, 4) is 5.75 Å². The Morgan fingerprint density at radius 1 is 1.31 bits per heavy atom. The number of aryl methyl sites for hydroxylation is 2. The van der Waals surface area contributed by atoms with Crippen LogP contribution in [0.2, 0.25) is 0 Å². The molecule has 0 spiro atoms. The SMILES string of the molecule is Cc1noc(C)c1COc1cccc(C(=O)Nc2ccnn2C(C)C)c1. The van der Waals surface area contributed by atoms with Gasteiger partial charge in [-0.25, -0.2) is 4.68 Å². The van der Waals surface area contributed by atoms with E-state index in [1.54, 1.807) is 35.1 Å². The molecule has 1 amide bonds.